The second-order valence-electron chi connectivity index (χ2n) is 8.23. The van der Waals surface area contributed by atoms with E-state index in [0.29, 0.717) is 18.9 Å². The molecule has 4 rings (SSSR count). The summed E-state index contributed by atoms with van der Waals surface area (Å²) in [5.74, 6) is 1.16. The van der Waals surface area contributed by atoms with Crippen LogP contribution in [0.4, 0.5) is 0 Å². The molecule has 1 saturated carbocycles. The third-order valence-electron chi connectivity index (χ3n) is 6.41. The Hall–Kier alpha value is -1.89. The monoisotopic (exact) mass is 359 g/mol. The van der Waals surface area contributed by atoms with Gasteiger partial charge in [-0.15, -0.1) is 0 Å². The first-order valence-electron chi connectivity index (χ1n) is 9.78. The van der Waals surface area contributed by atoms with Crippen molar-refractivity contribution in [2.45, 2.75) is 44.2 Å². The molecule has 0 bridgehead atoms. The summed E-state index contributed by atoms with van der Waals surface area (Å²) in [4.78, 5) is 35.8. The lowest BCUT2D eigenvalue weighted by Crippen LogP contribution is -2.62. The molecular formula is C19H29N5O2. The van der Waals surface area contributed by atoms with Crippen LogP contribution in [0.3, 0.4) is 0 Å². The summed E-state index contributed by atoms with van der Waals surface area (Å²) in [5, 5.41) is 0. The van der Waals surface area contributed by atoms with E-state index in [9.17, 15) is 9.59 Å². The third kappa shape index (κ3) is 3.63. The third-order valence-corrected chi connectivity index (χ3v) is 6.41. The fraction of sp³-hybridized carbons (Fsp3) is 0.737. The highest BCUT2D eigenvalue weighted by atomic mass is 16.2. The van der Waals surface area contributed by atoms with Crippen LogP contribution in [0.15, 0.2) is 18.7 Å². The summed E-state index contributed by atoms with van der Waals surface area (Å²) in [6.07, 6.45) is 10.1. The van der Waals surface area contributed by atoms with Gasteiger partial charge in [0.25, 0.3) is 0 Å². The maximum atomic E-state index is 12.7. The molecule has 26 heavy (non-hydrogen) atoms. The van der Waals surface area contributed by atoms with Crippen molar-refractivity contribution in [1.29, 1.82) is 0 Å². The zero-order valence-electron chi connectivity index (χ0n) is 15.6. The van der Waals surface area contributed by atoms with Gasteiger partial charge in [-0.05, 0) is 38.6 Å². The van der Waals surface area contributed by atoms with Gasteiger partial charge in [0.2, 0.25) is 11.8 Å². The lowest BCUT2D eigenvalue weighted by molar-refractivity contribution is -0.137. The van der Waals surface area contributed by atoms with Gasteiger partial charge in [-0.2, -0.15) is 0 Å². The quantitative estimate of drug-likeness (QED) is 0.799. The average Bonchev–Trinajstić information content (AvgIpc) is 3.34. The van der Waals surface area contributed by atoms with Crippen molar-refractivity contribution < 1.29 is 9.59 Å². The van der Waals surface area contributed by atoms with Crippen molar-refractivity contribution in [2.75, 3.05) is 39.8 Å². The first-order valence-corrected chi connectivity index (χ1v) is 9.78. The summed E-state index contributed by atoms with van der Waals surface area (Å²) >= 11 is 0. The summed E-state index contributed by atoms with van der Waals surface area (Å²) in [6, 6.07) is 0. The minimum Gasteiger partial charge on any atom is -0.342 e. The number of amides is 2. The number of aromatic nitrogens is 2. The van der Waals surface area contributed by atoms with E-state index in [0.717, 1.165) is 51.5 Å². The molecule has 2 aliphatic heterocycles. The van der Waals surface area contributed by atoms with Crippen LogP contribution in [0.5, 0.6) is 0 Å². The molecule has 0 N–H and O–H groups in total. The van der Waals surface area contributed by atoms with Gasteiger partial charge in [0, 0.05) is 57.1 Å². The molecule has 3 fully saturated rings. The van der Waals surface area contributed by atoms with Crippen LogP contribution in [-0.2, 0) is 16.1 Å². The summed E-state index contributed by atoms with van der Waals surface area (Å²) < 4.78 is 1.82. The predicted molar refractivity (Wildman–Crippen MR) is 97.3 cm³/mol. The standard InChI is InChI=1S/C19H29N5O2/c1-21-10-11-24(18(26)13-22-9-7-20-15-22)14-19(21)5-4-17(25)23(8-6-19)12-16-2-3-16/h7,9,15-16H,2-6,8,10-14H2,1H3/t19-/m0/s1. The number of hydrogen-bond acceptors (Lipinski definition) is 4. The molecule has 3 aliphatic rings. The molecule has 3 heterocycles. The minimum absolute atomic E-state index is 0.0726. The van der Waals surface area contributed by atoms with Gasteiger partial charge < -0.3 is 14.4 Å². The molecule has 2 saturated heterocycles. The molecule has 7 heteroatoms. The fourth-order valence-electron chi connectivity index (χ4n) is 4.35. The lowest BCUT2D eigenvalue weighted by atomic mass is 9.86. The molecule has 1 aliphatic carbocycles. The maximum absolute atomic E-state index is 12.7. The van der Waals surface area contributed by atoms with E-state index in [1.807, 2.05) is 15.7 Å². The largest absolute Gasteiger partial charge is 0.342 e. The highest BCUT2D eigenvalue weighted by Crippen LogP contribution is 2.35. The molecule has 1 atom stereocenters. The van der Waals surface area contributed by atoms with E-state index < -0.39 is 0 Å². The van der Waals surface area contributed by atoms with Crippen molar-refractivity contribution in [3.63, 3.8) is 0 Å². The molecule has 142 valence electrons. The summed E-state index contributed by atoms with van der Waals surface area (Å²) in [7, 11) is 2.15. The Balaban J connectivity index is 1.43. The fourth-order valence-corrected chi connectivity index (χ4v) is 4.35. The Kier molecular flexibility index (Phi) is 4.73. The first kappa shape index (κ1) is 17.5. The molecular weight excluding hydrogens is 330 g/mol. The van der Waals surface area contributed by atoms with Crippen molar-refractivity contribution in [2.24, 2.45) is 5.92 Å². The van der Waals surface area contributed by atoms with Gasteiger partial charge in [0.15, 0.2) is 0 Å². The summed E-state index contributed by atoms with van der Waals surface area (Å²) in [6.45, 7) is 4.44. The SMILES string of the molecule is CN1CCN(C(=O)Cn2ccnc2)C[C@@]12CCC(=O)N(CC1CC1)CC2. The molecule has 0 aromatic carbocycles. The average molecular weight is 359 g/mol. The van der Waals surface area contributed by atoms with Crippen molar-refractivity contribution in [3.05, 3.63) is 18.7 Å². The second kappa shape index (κ2) is 7.02. The Morgan fingerprint density at radius 3 is 2.85 bits per heavy atom. The van der Waals surface area contributed by atoms with E-state index in [2.05, 4.69) is 21.8 Å². The Bertz CT molecular complexity index is 657. The van der Waals surface area contributed by atoms with Gasteiger partial charge in [-0.1, -0.05) is 0 Å². The van der Waals surface area contributed by atoms with Crippen LogP contribution < -0.4 is 0 Å². The van der Waals surface area contributed by atoms with E-state index >= 15 is 0 Å². The van der Waals surface area contributed by atoms with Crippen LogP contribution in [0, 0.1) is 5.92 Å². The zero-order chi connectivity index (χ0) is 18.1. The first-order chi connectivity index (χ1) is 12.6. The van der Waals surface area contributed by atoms with Crippen molar-refractivity contribution in [3.8, 4) is 0 Å². The minimum atomic E-state index is -0.0726. The van der Waals surface area contributed by atoms with Gasteiger partial charge in [-0.25, -0.2) is 4.98 Å². The number of likely N-dealkylation sites (N-methyl/N-ethyl adjacent to an activating group) is 1. The molecule has 0 unspecified atom stereocenters. The number of nitrogens with zero attached hydrogens (tertiary/aromatic N) is 5. The van der Waals surface area contributed by atoms with Crippen LogP contribution in [0.2, 0.25) is 0 Å². The smallest absolute Gasteiger partial charge is 0.242 e. The second-order valence-corrected chi connectivity index (χ2v) is 8.23. The van der Waals surface area contributed by atoms with Crippen LogP contribution in [-0.4, -0.2) is 81.4 Å². The van der Waals surface area contributed by atoms with Gasteiger partial charge in [0.05, 0.1) is 6.33 Å². The molecule has 7 nitrogen and oxygen atoms in total. The Labute approximate surface area is 154 Å². The number of likely N-dealkylation sites (tertiary alicyclic amines) is 1. The van der Waals surface area contributed by atoms with E-state index in [1.54, 1.807) is 12.5 Å². The van der Waals surface area contributed by atoms with Gasteiger partial charge >= 0.3 is 0 Å². The molecule has 0 radical (unpaired) electrons. The predicted octanol–water partition coefficient (Wildman–Crippen LogP) is 0.818. The van der Waals surface area contributed by atoms with Crippen LogP contribution in [0.1, 0.15) is 32.1 Å². The van der Waals surface area contributed by atoms with Crippen LogP contribution in [0.25, 0.3) is 0 Å². The topological polar surface area (TPSA) is 61.7 Å². The zero-order valence-corrected chi connectivity index (χ0v) is 15.6. The molecule has 1 aromatic rings. The van der Waals surface area contributed by atoms with E-state index in [4.69, 9.17) is 0 Å². The van der Waals surface area contributed by atoms with Crippen molar-refractivity contribution >= 4 is 11.8 Å². The number of imidazole rings is 1. The van der Waals surface area contributed by atoms with Crippen molar-refractivity contribution in [1.82, 2.24) is 24.3 Å². The maximum Gasteiger partial charge on any atom is 0.242 e. The Morgan fingerprint density at radius 1 is 1.27 bits per heavy atom. The molecule has 2 amide bonds. The number of carbonyl (C=O) groups excluding carboxylic acids is 2. The lowest BCUT2D eigenvalue weighted by Gasteiger charge is -2.49. The van der Waals surface area contributed by atoms with Gasteiger partial charge in [0.1, 0.15) is 6.54 Å². The number of carbonyl (C=O) groups is 2. The Morgan fingerprint density at radius 2 is 2.12 bits per heavy atom. The number of piperazine rings is 1. The van der Waals surface area contributed by atoms with Gasteiger partial charge in [-0.3, -0.25) is 14.5 Å². The van der Waals surface area contributed by atoms with E-state index in [-0.39, 0.29) is 11.4 Å². The number of rotatable bonds is 4. The normalized spacial score (nSPS) is 27.8. The molecule has 1 spiro atoms. The molecule has 1 aromatic heterocycles. The highest BCUT2D eigenvalue weighted by molar-refractivity contribution is 5.77. The highest BCUT2D eigenvalue weighted by Gasteiger charge is 2.43. The van der Waals surface area contributed by atoms with E-state index in [1.165, 1.54) is 12.8 Å². The number of hydrogen-bond donors (Lipinski definition) is 0. The van der Waals surface area contributed by atoms with Crippen LogP contribution >= 0.6 is 0 Å². The summed E-state index contributed by atoms with van der Waals surface area (Å²) in [5.41, 5.74) is -0.0726.